The lowest BCUT2D eigenvalue weighted by atomic mass is 10.1. The van der Waals surface area contributed by atoms with Gasteiger partial charge in [-0.3, -0.25) is 0 Å². The lowest BCUT2D eigenvalue weighted by Crippen LogP contribution is -2.39. The van der Waals surface area contributed by atoms with E-state index in [0.29, 0.717) is 0 Å². The normalized spacial score (nSPS) is 18.5. The van der Waals surface area contributed by atoms with Crippen molar-refractivity contribution < 1.29 is 4.74 Å². The van der Waals surface area contributed by atoms with Gasteiger partial charge in [0.25, 0.3) is 0 Å². The molecule has 0 fully saturated rings. The van der Waals surface area contributed by atoms with Crippen molar-refractivity contribution in [2.75, 3.05) is 6.54 Å². The van der Waals surface area contributed by atoms with Gasteiger partial charge in [0.1, 0.15) is 5.76 Å². The van der Waals surface area contributed by atoms with Gasteiger partial charge in [0.2, 0.25) is 0 Å². The van der Waals surface area contributed by atoms with Gasteiger partial charge in [-0.05, 0) is 20.8 Å². The molecule has 0 atom stereocenters. The summed E-state index contributed by atoms with van der Waals surface area (Å²) in [6.45, 7) is 9.53. The Morgan fingerprint density at radius 3 is 2.29 bits per heavy atom. The molecule has 2 nitrogen and oxygen atoms in total. The highest BCUT2D eigenvalue weighted by molar-refractivity contribution is 5.68. The molecule has 0 unspecified atom stereocenters. The van der Waals surface area contributed by atoms with E-state index in [9.17, 15) is 0 Å². The molecule has 0 amide bonds. The quantitative estimate of drug-likeness (QED) is 0.783. The zero-order valence-electron chi connectivity index (χ0n) is 11.2. The molecule has 0 radical (unpaired) electrons. The summed E-state index contributed by atoms with van der Waals surface area (Å²) in [7, 11) is 0. The summed E-state index contributed by atoms with van der Waals surface area (Å²) in [6, 6.07) is 10.5. The van der Waals surface area contributed by atoms with Crippen LogP contribution in [0.5, 0.6) is 0 Å². The van der Waals surface area contributed by atoms with Gasteiger partial charge < -0.3 is 9.64 Å². The van der Waals surface area contributed by atoms with E-state index in [1.165, 1.54) is 11.3 Å². The van der Waals surface area contributed by atoms with Crippen LogP contribution in [0.3, 0.4) is 0 Å². The number of benzene rings is 1. The lowest BCUT2D eigenvalue weighted by molar-refractivity contribution is -0.0382. The van der Waals surface area contributed by atoms with E-state index in [1.807, 2.05) is 6.07 Å². The van der Waals surface area contributed by atoms with Crippen LogP contribution in [0, 0.1) is 0 Å². The maximum absolute atomic E-state index is 6.07. The van der Waals surface area contributed by atoms with Crippen molar-refractivity contribution >= 4 is 5.70 Å². The summed E-state index contributed by atoms with van der Waals surface area (Å²) < 4.78 is 6.07. The summed E-state index contributed by atoms with van der Waals surface area (Å²) in [5, 5.41) is 0. The number of hydrogen-bond donors (Lipinski definition) is 0. The van der Waals surface area contributed by atoms with Crippen molar-refractivity contribution in [2.45, 2.75) is 39.8 Å². The van der Waals surface area contributed by atoms with Crippen LogP contribution in [0.1, 0.15) is 39.7 Å². The van der Waals surface area contributed by atoms with E-state index in [4.69, 9.17) is 4.74 Å². The molecule has 1 aromatic carbocycles. The van der Waals surface area contributed by atoms with E-state index in [0.717, 1.165) is 18.7 Å². The van der Waals surface area contributed by atoms with Crippen LogP contribution in [-0.2, 0) is 4.74 Å². The molecule has 0 spiro atoms. The van der Waals surface area contributed by atoms with Gasteiger partial charge in [0, 0.05) is 18.5 Å². The van der Waals surface area contributed by atoms with E-state index in [-0.39, 0.29) is 5.72 Å². The third kappa shape index (κ3) is 2.04. The van der Waals surface area contributed by atoms with E-state index < -0.39 is 0 Å². The Balaban J connectivity index is 2.48. The van der Waals surface area contributed by atoms with Crippen LogP contribution in [0.2, 0.25) is 0 Å². The van der Waals surface area contributed by atoms with Crippen molar-refractivity contribution in [3.05, 3.63) is 41.7 Å². The van der Waals surface area contributed by atoms with Gasteiger partial charge in [-0.1, -0.05) is 37.3 Å². The maximum atomic E-state index is 6.07. The standard InChI is InChI=1S/C15H21NO/c1-5-13-14(12-10-8-7-9-11-12)16(6-2)15(3,4)17-13/h7-11H,5-6H2,1-4H3. The van der Waals surface area contributed by atoms with Gasteiger partial charge >= 0.3 is 0 Å². The first-order chi connectivity index (χ1) is 8.10. The summed E-state index contributed by atoms with van der Waals surface area (Å²) in [6.07, 6.45) is 0.935. The molecule has 0 aliphatic carbocycles. The summed E-state index contributed by atoms with van der Waals surface area (Å²) >= 11 is 0. The molecule has 92 valence electrons. The van der Waals surface area contributed by atoms with E-state index in [1.54, 1.807) is 0 Å². The van der Waals surface area contributed by atoms with Crippen LogP contribution in [0.4, 0.5) is 0 Å². The van der Waals surface area contributed by atoms with Crippen LogP contribution in [0.25, 0.3) is 5.70 Å². The fourth-order valence-corrected chi connectivity index (χ4v) is 2.52. The average Bonchev–Trinajstić information content (AvgIpc) is 2.60. The minimum atomic E-state index is -0.231. The van der Waals surface area contributed by atoms with Crippen molar-refractivity contribution in [3.63, 3.8) is 0 Å². The smallest absolute Gasteiger partial charge is 0.177 e. The summed E-state index contributed by atoms with van der Waals surface area (Å²) in [4.78, 5) is 2.33. The van der Waals surface area contributed by atoms with Crippen LogP contribution >= 0.6 is 0 Å². The minimum Gasteiger partial charge on any atom is -0.471 e. The molecule has 1 heterocycles. The van der Waals surface area contributed by atoms with Crippen molar-refractivity contribution in [2.24, 2.45) is 0 Å². The Labute approximate surface area is 104 Å². The van der Waals surface area contributed by atoms with E-state index in [2.05, 4.69) is 56.9 Å². The topological polar surface area (TPSA) is 12.5 Å². The molecular formula is C15H21NO. The first kappa shape index (κ1) is 12.0. The monoisotopic (exact) mass is 231 g/mol. The predicted molar refractivity (Wildman–Crippen MR) is 71.2 cm³/mol. The molecule has 0 saturated carbocycles. The third-order valence-electron chi connectivity index (χ3n) is 3.24. The Kier molecular flexibility index (Phi) is 3.14. The SMILES string of the molecule is CCC1=C(c2ccccc2)N(CC)C(C)(C)O1. The second kappa shape index (κ2) is 4.44. The van der Waals surface area contributed by atoms with Crippen molar-refractivity contribution in [3.8, 4) is 0 Å². The third-order valence-corrected chi connectivity index (χ3v) is 3.24. The molecule has 0 N–H and O–H groups in total. The van der Waals surface area contributed by atoms with E-state index >= 15 is 0 Å². The van der Waals surface area contributed by atoms with Gasteiger partial charge in [-0.2, -0.15) is 0 Å². The molecule has 2 heteroatoms. The maximum Gasteiger partial charge on any atom is 0.177 e. The second-order valence-corrected chi connectivity index (χ2v) is 4.78. The number of hydrogen-bond acceptors (Lipinski definition) is 2. The zero-order valence-corrected chi connectivity index (χ0v) is 11.2. The summed E-state index contributed by atoms with van der Waals surface area (Å²) in [5.41, 5.74) is 2.27. The molecule has 1 aliphatic heterocycles. The van der Waals surface area contributed by atoms with Gasteiger partial charge in [0.05, 0.1) is 5.70 Å². The average molecular weight is 231 g/mol. The highest BCUT2D eigenvalue weighted by atomic mass is 16.5. The van der Waals surface area contributed by atoms with Gasteiger partial charge in [-0.15, -0.1) is 0 Å². The fraction of sp³-hybridized carbons (Fsp3) is 0.467. The first-order valence-corrected chi connectivity index (χ1v) is 6.35. The van der Waals surface area contributed by atoms with Gasteiger partial charge in [0.15, 0.2) is 5.72 Å². The number of ether oxygens (including phenoxy) is 1. The Morgan fingerprint density at radius 2 is 1.76 bits per heavy atom. The minimum absolute atomic E-state index is 0.231. The highest BCUT2D eigenvalue weighted by Gasteiger charge is 2.38. The Morgan fingerprint density at radius 1 is 1.12 bits per heavy atom. The number of rotatable bonds is 3. The van der Waals surface area contributed by atoms with Gasteiger partial charge in [-0.25, -0.2) is 0 Å². The molecule has 1 aliphatic rings. The Hall–Kier alpha value is -1.44. The largest absolute Gasteiger partial charge is 0.471 e. The second-order valence-electron chi connectivity index (χ2n) is 4.78. The lowest BCUT2D eigenvalue weighted by Gasteiger charge is -2.33. The summed E-state index contributed by atoms with van der Waals surface area (Å²) in [5.74, 6) is 1.10. The predicted octanol–water partition coefficient (Wildman–Crippen LogP) is 3.85. The van der Waals surface area contributed by atoms with Crippen molar-refractivity contribution in [1.82, 2.24) is 4.90 Å². The van der Waals surface area contributed by atoms with Crippen LogP contribution in [0.15, 0.2) is 36.1 Å². The fourth-order valence-electron chi connectivity index (χ4n) is 2.52. The van der Waals surface area contributed by atoms with Crippen LogP contribution < -0.4 is 0 Å². The highest BCUT2D eigenvalue weighted by Crippen LogP contribution is 2.40. The molecule has 2 rings (SSSR count). The molecular weight excluding hydrogens is 210 g/mol. The zero-order chi connectivity index (χ0) is 12.5. The molecule has 0 aromatic heterocycles. The number of allylic oxidation sites excluding steroid dienone is 1. The molecule has 1 aromatic rings. The molecule has 0 bridgehead atoms. The van der Waals surface area contributed by atoms with Crippen LogP contribution in [-0.4, -0.2) is 17.2 Å². The van der Waals surface area contributed by atoms with Crippen molar-refractivity contribution in [1.29, 1.82) is 0 Å². The number of nitrogens with zero attached hydrogens (tertiary/aromatic N) is 1. The molecule has 17 heavy (non-hydrogen) atoms. The Bertz CT molecular complexity index is 420. The first-order valence-electron chi connectivity index (χ1n) is 6.35. The molecule has 0 saturated heterocycles.